The Bertz CT molecular complexity index is 389. The summed E-state index contributed by atoms with van der Waals surface area (Å²) in [5, 5.41) is 12.4. The van der Waals surface area contributed by atoms with Gasteiger partial charge < -0.3 is 5.32 Å². The fourth-order valence-electron chi connectivity index (χ4n) is 2.06. The van der Waals surface area contributed by atoms with Gasteiger partial charge in [0.05, 0.1) is 11.8 Å². The van der Waals surface area contributed by atoms with Crippen LogP contribution in [-0.2, 0) is 0 Å². The maximum atomic E-state index is 13.6. The molecule has 0 amide bonds. The summed E-state index contributed by atoms with van der Waals surface area (Å²) in [6.45, 7) is 4.07. The summed E-state index contributed by atoms with van der Waals surface area (Å²) in [6, 6.07) is 8.81. The minimum absolute atomic E-state index is 0.306. The first-order valence-electron chi connectivity index (χ1n) is 6.11. The average molecular weight is 234 g/mol. The molecule has 0 aliphatic carbocycles. The molecular formula is C14H19FN2. The SMILES string of the molecule is CCCC(C#N)(CCC)Nc1ccccc1F. The Kier molecular flexibility index (Phi) is 4.96. The third-order valence-corrected chi connectivity index (χ3v) is 2.82. The Morgan fingerprint density at radius 3 is 2.29 bits per heavy atom. The van der Waals surface area contributed by atoms with Crippen molar-refractivity contribution in [3.63, 3.8) is 0 Å². The smallest absolute Gasteiger partial charge is 0.146 e. The standard InChI is InChI=1S/C14H19FN2/c1-3-9-14(11-16,10-4-2)17-13-8-6-5-7-12(13)15/h5-8,17H,3-4,9-10H2,1-2H3. The van der Waals surface area contributed by atoms with Gasteiger partial charge >= 0.3 is 0 Å². The van der Waals surface area contributed by atoms with Gasteiger partial charge in [-0.2, -0.15) is 5.26 Å². The Balaban J connectivity index is 2.94. The number of nitrogens with zero attached hydrogens (tertiary/aromatic N) is 1. The summed E-state index contributed by atoms with van der Waals surface area (Å²) in [5.41, 5.74) is -0.234. The van der Waals surface area contributed by atoms with E-state index in [0.717, 1.165) is 25.7 Å². The lowest BCUT2D eigenvalue weighted by atomic mass is 9.90. The summed E-state index contributed by atoms with van der Waals surface area (Å²) < 4.78 is 13.6. The molecule has 3 heteroatoms. The molecular weight excluding hydrogens is 215 g/mol. The second-order valence-electron chi connectivity index (χ2n) is 4.30. The van der Waals surface area contributed by atoms with Crippen LogP contribution in [0.2, 0.25) is 0 Å². The normalized spacial score (nSPS) is 10.9. The van der Waals surface area contributed by atoms with Gasteiger partial charge in [-0.3, -0.25) is 0 Å². The molecule has 0 bridgehead atoms. The zero-order valence-corrected chi connectivity index (χ0v) is 10.5. The van der Waals surface area contributed by atoms with Gasteiger partial charge in [-0.1, -0.05) is 38.8 Å². The molecule has 1 rings (SSSR count). The van der Waals surface area contributed by atoms with Crippen molar-refractivity contribution in [1.82, 2.24) is 0 Å². The number of anilines is 1. The molecule has 2 nitrogen and oxygen atoms in total. The van der Waals surface area contributed by atoms with Gasteiger partial charge in [0.1, 0.15) is 11.4 Å². The van der Waals surface area contributed by atoms with Crippen LogP contribution in [0.25, 0.3) is 0 Å². The number of halogens is 1. The van der Waals surface area contributed by atoms with Crippen molar-refractivity contribution in [2.45, 2.75) is 45.1 Å². The van der Waals surface area contributed by atoms with Crippen molar-refractivity contribution in [3.8, 4) is 6.07 Å². The van der Waals surface area contributed by atoms with Crippen molar-refractivity contribution in [2.24, 2.45) is 0 Å². The zero-order valence-electron chi connectivity index (χ0n) is 10.5. The summed E-state index contributed by atoms with van der Waals surface area (Å²) >= 11 is 0. The molecule has 0 aliphatic heterocycles. The van der Waals surface area contributed by atoms with Gasteiger partial charge in [0.25, 0.3) is 0 Å². The molecule has 0 heterocycles. The van der Waals surface area contributed by atoms with Crippen LogP contribution in [-0.4, -0.2) is 5.54 Å². The van der Waals surface area contributed by atoms with Crippen molar-refractivity contribution in [2.75, 3.05) is 5.32 Å². The van der Waals surface area contributed by atoms with Crippen LogP contribution in [0.15, 0.2) is 24.3 Å². The van der Waals surface area contributed by atoms with Crippen molar-refractivity contribution < 1.29 is 4.39 Å². The predicted molar refractivity (Wildman–Crippen MR) is 68.2 cm³/mol. The third kappa shape index (κ3) is 3.45. The van der Waals surface area contributed by atoms with Crippen molar-refractivity contribution in [3.05, 3.63) is 30.1 Å². The number of para-hydroxylation sites is 1. The van der Waals surface area contributed by atoms with Crippen LogP contribution in [0.1, 0.15) is 39.5 Å². The molecule has 1 aromatic rings. The summed E-state index contributed by atoms with van der Waals surface area (Å²) in [6.07, 6.45) is 3.25. The van der Waals surface area contributed by atoms with E-state index < -0.39 is 5.54 Å². The first-order chi connectivity index (χ1) is 8.17. The molecule has 0 aliphatic rings. The van der Waals surface area contributed by atoms with E-state index in [-0.39, 0.29) is 5.82 Å². The first kappa shape index (κ1) is 13.5. The Labute approximate surface area is 102 Å². The molecule has 1 aromatic carbocycles. The van der Waals surface area contributed by atoms with E-state index in [2.05, 4.69) is 11.4 Å². The number of benzene rings is 1. The van der Waals surface area contributed by atoms with Gasteiger partial charge in [0, 0.05) is 0 Å². The lowest BCUT2D eigenvalue weighted by Crippen LogP contribution is -2.36. The summed E-state index contributed by atoms with van der Waals surface area (Å²) in [7, 11) is 0. The van der Waals surface area contributed by atoms with Gasteiger partial charge in [-0.15, -0.1) is 0 Å². The number of nitrogens with one attached hydrogen (secondary N) is 1. The minimum atomic E-state index is -0.647. The predicted octanol–water partition coefficient (Wildman–Crippen LogP) is 4.10. The van der Waals surface area contributed by atoms with Crippen molar-refractivity contribution in [1.29, 1.82) is 5.26 Å². The zero-order chi connectivity index (χ0) is 12.7. The summed E-state index contributed by atoms with van der Waals surface area (Å²) in [5.74, 6) is -0.306. The fraction of sp³-hybridized carbons (Fsp3) is 0.500. The van der Waals surface area contributed by atoms with E-state index >= 15 is 0 Å². The van der Waals surface area contributed by atoms with Crippen molar-refractivity contribution >= 4 is 5.69 Å². The van der Waals surface area contributed by atoms with Crippen LogP contribution in [0.3, 0.4) is 0 Å². The summed E-state index contributed by atoms with van der Waals surface area (Å²) in [4.78, 5) is 0. The van der Waals surface area contributed by atoms with E-state index in [9.17, 15) is 9.65 Å². The fourth-order valence-corrected chi connectivity index (χ4v) is 2.06. The Morgan fingerprint density at radius 1 is 1.24 bits per heavy atom. The number of hydrogen-bond acceptors (Lipinski definition) is 2. The van der Waals surface area contributed by atoms with Crippen LogP contribution < -0.4 is 5.32 Å². The molecule has 0 saturated heterocycles. The second-order valence-corrected chi connectivity index (χ2v) is 4.30. The molecule has 0 atom stereocenters. The highest BCUT2D eigenvalue weighted by Crippen LogP contribution is 2.26. The van der Waals surface area contributed by atoms with E-state index in [4.69, 9.17) is 0 Å². The molecule has 0 spiro atoms. The van der Waals surface area contributed by atoms with Gasteiger partial charge in [-0.05, 0) is 25.0 Å². The van der Waals surface area contributed by atoms with E-state index in [0.29, 0.717) is 5.69 Å². The maximum Gasteiger partial charge on any atom is 0.146 e. The highest BCUT2D eigenvalue weighted by atomic mass is 19.1. The van der Waals surface area contributed by atoms with E-state index in [1.54, 1.807) is 18.2 Å². The molecule has 0 unspecified atom stereocenters. The molecule has 1 N–H and O–H groups in total. The molecule has 0 fully saturated rings. The monoisotopic (exact) mass is 234 g/mol. The van der Waals surface area contributed by atoms with Gasteiger partial charge in [-0.25, -0.2) is 4.39 Å². The van der Waals surface area contributed by atoms with E-state index in [1.807, 2.05) is 13.8 Å². The molecule has 0 saturated carbocycles. The Hall–Kier alpha value is -1.56. The minimum Gasteiger partial charge on any atom is -0.365 e. The first-order valence-corrected chi connectivity index (χ1v) is 6.11. The molecule has 92 valence electrons. The van der Waals surface area contributed by atoms with E-state index in [1.165, 1.54) is 6.07 Å². The largest absolute Gasteiger partial charge is 0.365 e. The number of rotatable bonds is 6. The molecule has 0 radical (unpaired) electrons. The van der Waals surface area contributed by atoms with Crippen LogP contribution in [0.4, 0.5) is 10.1 Å². The lowest BCUT2D eigenvalue weighted by molar-refractivity contribution is 0.482. The third-order valence-electron chi connectivity index (χ3n) is 2.82. The lowest BCUT2D eigenvalue weighted by Gasteiger charge is -2.28. The van der Waals surface area contributed by atoms with Crippen LogP contribution in [0, 0.1) is 17.1 Å². The average Bonchev–Trinajstić information content (AvgIpc) is 2.33. The second kappa shape index (κ2) is 6.24. The molecule has 0 aromatic heterocycles. The topological polar surface area (TPSA) is 35.8 Å². The number of hydrogen-bond donors (Lipinski definition) is 1. The van der Waals surface area contributed by atoms with Gasteiger partial charge in [0.2, 0.25) is 0 Å². The van der Waals surface area contributed by atoms with Gasteiger partial charge in [0.15, 0.2) is 0 Å². The molecule has 17 heavy (non-hydrogen) atoms. The number of nitriles is 1. The van der Waals surface area contributed by atoms with Crippen LogP contribution in [0.5, 0.6) is 0 Å². The highest BCUT2D eigenvalue weighted by molar-refractivity contribution is 5.48. The maximum absolute atomic E-state index is 13.6. The highest BCUT2D eigenvalue weighted by Gasteiger charge is 2.28. The Morgan fingerprint density at radius 2 is 1.82 bits per heavy atom. The van der Waals surface area contributed by atoms with Crippen LogP contribution >= 0.6 is 0 Å². The quantitative estimate of drug-likeness (QED) is 0.804.